The molecule has 0 saturated heterocycles. The Labute approximate surface area is 112 Å². The number of aliphatic hydroxyl groups excluding tert-OH is 1. The zero-order chi connectivity index (χ0) is 13.5. The molecule has 0 spiro atoms. The Morgan fingerprint density at radius 1 is 1.42 bits per heavy atom. The maximum absolute atomic E-state index is 12.1. The number of carbonyl (C=O) groups excluding carboxylic acids is 1. The third-order valence-electron chi connectivity index (χ3n) is 3.06. The van der Waals surface area contributed by atoms with Gasteiger partial charge >= 0.3 is 0 Å². The maximum atomic E-state index is 12.1. The Morgan fingerprint density at radius 3 is 3.11 bits per heavy atom. The first kappa shape index (κ1) is 13.8. The second-order valence-corrected chi connectivity index (χ2v) is 4.35. The van der Waals surface area contributed by atoms with E-state index in [1.54, 1.807) is 0 Å². The third kappa shape index (κ3) is 3.68. The molecule has 1 aromatic carbocycles. The number of carbonyl (C=O) groups is 1. The number of fused-ring (bicyclic) bond motifs is 1. The average molecular weight is 265 g/mol. The van der Waals surface area contributed by atoms with E-state index in [1.807, 2.05) is 24.3 Å². The van der Waals surface area contributed by atoms with E-state index in [0.717, 1.165) is 11.3 Å². The fraction of sp³-hybridized carbons (Fsp3) is 0.500. The lowest BCUT2D eigenvalue weighted by Crippen LogP contribution is -2.34. The van der Waals surface area contributed by atoms with Gasteiger partial charge in [-0.1, -0.05) is 18.2 Å². The van der Waals surface area contributed by atoms with Crippen LogP contribution in [0.3, 0.4) is 0 Å². The van der Waals surface area contributed by atoms with Gasteiger partial charge in [0.1, 0.15) is 5.75 Å². The van der Waals surface area contributed by atoms with Gasteiger partial charge in [0, 0.05) is 12.1 Å². The van der Waals surface area contributed by atoms with Crippen molar-refractivity contribution in [2.45, 2.75) is 12.3 Å². The van der Waals surface area contributed by atoms with Gasteiger partial charge in [-0.05, 0) is 12.5 Å². The van der Waals surface area contributed by atoms with Gasteiger partial charge in [-0.3, -0.25) is 4.79 Å². The summed E-state index contributed by atoms with van der Waals surface area (Å²) in [5, 5.41) is 11.4. The molecule has 1 aliphatic heterocycles. The molecular weight excluding hydrogens is 246 g/mol. The fourth-order valence-corrected chi connectivity index (χ4v) is 2.15. The van der Waals surface area contributed by atoms with Crippen LogP contribution in [0.15, 0.2) is 24.3 Å². The van der Waals surface area contributed by atoms with E-state index in [9.17, 15) is 4.79 Å². The quantitative estimate of drug-likeness (QED) is 0.742. The summed E-state index contributed by atoms with van der Waals surface area (Å²) < 4.78 is 10.6. The lowest BCUT2D eigenvalue weighted by atomic mass is 9.92. The fourth-order valence-electron chi connectivity index (χ4n) is 2.15. The van der Waals surface area contributed by atoms with Crippen molar-refractivity contribution >= 4 is 5.91 Å². The van der Waals surface area contributed by atoms with Crippen LogP contribution in [0.4, 0.5) is 0 Å². The molecule has 0 bridgehead atoms. The first-order valence-electron chi connectivity index (χ1n) is 6.51. The van der Waals surface area contributed by atoms with E-state index in [-0.39, 0.29) is 18.4 Å². The molecule has 104 valence electrons. The van der Waals surface area contributed by atoms with Crippen LogP contribution in [0.1, 0.15) is 17.9 Å². The maximum Gasteiger partial charge on any atom is 0.227 e. The molecule has 1 aromatic rings. The zero-order valence-electron chi connectivity index (χ0n) is 10.8. The highest BCUT2D eigenvalue weighted by Crippen LogP contribution is 2.33. The van der Waals surface area contributed by atoms with Crippen LogP contribution in [-0.2, 0) is 9.53 Å². The van der Waals surface area contributed by atoms with Gasteiger partial charge in [0.25, 0.3) is 0 Å². The summed E-state index contributed by atoms with van der Waals surface area (Å²) in [6.07, 6.45) is 0.695. The van der Waals surface area contributed by atoms with Gasteiger partial charge in [-0.25, -0.2) is 0 Å². The minimum Gasteiger partial charge on any atom is -0.493 e. The molecule has 1 heterocycles. The molecule has 5 nitrogen and oxygen atoms in total. The van der Waals surface area contributed by atoms with E-state index in [2.05, 4.69) is 5.32 Å². The van der Waals surface area contributed by atoms with E-state index in [0.29, 0.717) is 32.8 Å². The van der Waals surface area contributed by atoms with Crippen molar-refractivity contribution < 1.29 is 19.4 Å². The lowest BCUT2D eigenvalue weighted by molar-refractivity contribution is -0.123. The number of rotatable bonds is 6. The summed E-state index contributed by atoms with van der Waals surface area (Å²) in [6.45, 7) is 1.74. The first-order valence-corrected chi connectivity index (χ1v) is 6.51. The molecule has 2 rings (SSSR count). The van der Waals surface area contributed by atoms with Crippen LogP contribution in [0.2, 0.25) is 0 Å². The Morgan fingerprint density at radius 2 is 2.26 bits per heavy atom. The van der Waals surface area contributed by atoms with Crippen LogP contribution in [-0.4, -0.2) is 44.0 Å². The molecule has 0 aromatic heterocycles. The summed E-state index contributed by atoms with van der Waals surface area (Å²) >= 11 is 0. The van der Waals surface area contributed by atoms with E-state index < -0.39 is 0 Å². The van der Waals surface area contributed by atoms with Crippen LogP contribution in [0.5, 0.6) is 5.75 Å². The van der Waals surface area contributed by atoms with Crippen molar-refractivity contribution in [2.24, 2.45) is 0 Å². The summed E-state index contributed by atoms with van der Waals surface area (Å²) in [5.74, 6) is 0.650. The van der Waals surface area contributed by atoms with Crippen molar-refractivity contribution in [3.8, 4) is 5.75 Å². The topological polar surface area (TPSA) is 67.8 Å². The highest BCUT2D eigenvalue weighted by Gasteiger charge is 2.26. The number of nitrogens with one attached hydrogen (secondary N) is 1. The highest BCUT2D eigenvalue weighted by molar-refractivity contribution is 5.84. The molecule has 1 aliphatic rings. The monoisotopic (exact) mass is 265 g/mol. The normalized spacial score (nSPS) is 17.4. The Balaban J connectivity index is 1.86. The molecule has 0 aliphatic carbocycles. The van der Waals surface area contributed by atoms with Crippen molar-refractivity contribution in [3.05, 3.63) is 29.8 Å². The van der Waals surface area contributed by atoms with Gasteiger partial charge < -0.3 is 19.9 Å². The smallest absolute Gasteiger partial charge is 0.227 e. The Hall–Kier alpha value is -1.59. The summed E-state index contributed by atoms with van der Waals surface area (Å²) in [5.41, 5.74) is 0.947. The Bertz CT molecular complexity index is 422. The van der Waals surface area contributed by atoms with E-state index in [4.69, 9.17) is 14.6 Å². The molecule has 19 heavy (non-hydrogen) atoms. The molecule has 2 N–H and O–H groups in total. The minimum atomic E-state index is -0.150. The molecule has 1 amide bonds. The zero-order valence-corrected chi connectivity index (χ0v) is 10.8. The Kier molecular flexibility index (Phi) is 5.18. The first-order chi connectivity index (χ1) is 9.33. The van der Waals surface area contributed by atoms with Gasteiger partial charge in [0.05, 0.1) is 32.3 Å². The summed E-state index contributed by atoms with van der Waals surface area (Å²) in [4.78, 5) is 12.1. The highest BCUT2D eigenvalue weighted by atomic mass is 16.5. The third-order valence-corrected chi connectivity index (χ3v) is 3.06. The summed E-state index contributed by atoms with van der Waals surface area (Å²) in [7, 11) is 0. The number of benzene rings is 1. The number of hydrogen-bond acceptors (Lipinski definition) is 4. The molecule has 0 saturated carbocycles. The molecule has 0 radical (unpaired) electrons. The number of hydrogen-bond donors (Lipinski definition) is 2. The van der Waals surface area contributed by atoms with Crippen molar-refractivity contribution in [1.29, 1.82) is 0 Å². The van der Waals surface area contributed by atoms with Gasteiger partial charge in [0.2, 0.25) is 5.91 Å². The van der Waals surface area contributed by atoms with Crippen LogP contribution in [0, 0.1) is 0 Å². The van der Waals surface area contributed by atoms with Gasteiger partial charge in [-0.15, -0.1) is 0 Å². The van der Waals surface area contributed by atoms with Gasteiger partial charge in [-0.2, -0.15) is 0 Å². The summed E-state index contributed by atoms with van der Waals surface area (Å²) in [6, 6.07) is 7.64. The molecule has 1 unspecified atom stereocenters. The van der Waals surface area contributed by atoms with E-state index in [1.165, 1.54) is 0 Å². The second kappa shape index (κ2) is 7.11. The SMILES string of the molecule is O=C(NCCOCCO)C1CCOc2ccccc21. The van der Waals surface area contributed by atoms with E-state index >= 15 is 0 Å². The predicted octanol–water partition coefficient (Wildman–Crippen LogP) is 0.678. The minimum absolute atomic E-state index is 0.00128. The van der Waals surface area contributed by atoms with Crippen LogP contribution >= 0.6 is 0 Å². The number of aliphatic hydroxyl groups is 1. The second-order valence-electron chi connectivity index (χ2n) is 4.35. The number of ether oxygens (including phenoxy) is 2. The molecule has 5 heteroatoms. The van der Waals surface area contributed by atoms with Gasteiger partial charge in [0.15, 0.2) is 0 Å². The predicted molar refractivity (Wildman–Crippen MR) is 70.2 cm³/mol. The number of amides is 1. The molecule has 0 fully saturated rings. The van der Waals surface area contributed by atoms with Crippen molar-refractivity contribution in [1.82, 2.24) is 5.32 Å². The average Bonchev–Trinajstić information content (AvgIpc) is 2.46. The molecular formula is C14H19NO4. The lowest BCUT2D eigenvalue weighted by Gasteiger charge is -2.25. The largest absolute Gasteiger partial charge is 0.493 e. The molecule has 1 atom stereocenters. The van der Waals surface area contributed by atoms with Crippen LogP contribution in [0.25, 0.3) is 0 Å². The van der Waals surface area contributed by atoms with Crippen LogP contribution < -0.4 is 10.1 Å². The number of para-hydroxylation sites is 1. The standard InChI is InChI=1S/C14H19NO4/c16-7-10-18-9-6-15-14(17)12-5-8-19-13-4-2-1-3-11(12)13/h1-4,12,16H,5-10H2,(H,15,17). The van der Waals surface area contributed by atoms with Crippen molar-refractivity contribution in [3.63, 3.8) is 0 Å². The van der Waals surface area contributed by atoms with Crippen molar-refractivity contribution in [2.75, 3.05) is 33.0 Å².